The summed E-state index contributed by atoms with van der Waals surface area (Å²) in [5.41, 5.74) is 0.683. The van der Waals surface area contributed by atoms with E-state index in [1.807, 2.05) is 10.8 Å². The van der Waals surface area contributed by atoms with Crippen molar-refractivity contribution in [1.29, 1.82) is 5.26 Å². The average molecular weight is 415 g/mol. The molecule has 0 saturated heterocycles. The normalized spacial score (nSPS) is 10.8. The minimum Gasteiger partial charge on any atom is -0.274 e. The van der Waals surface area contributed by atoms with Crippen molar-refractivity contribution in [3.8, 4) is 6.07 Å². The Balaban J connectivity index is 2.17. The van der Waals surface area contributed by atoms with Gasteiger partial charge in [-0.2, -0.15) is 5.26 Å². The second kappa shape index (κ2) is 7.08. The van der Waals surface area contributed by atoms with Gasteiger partial charge in [0, 0.05) is 10.7 Å². The number of benzene rings is 1. The third-order valence-corrected chi connectivity index (χ3v) is 4.75. The SMILES string of the molecule is N#Cc1cc(Br)cc(S(=O)(=O)NC(=O)Cc2ccc(Cl)nc2)c1. The first-order valence-corrected chi connectivity index (χ1v) is 8.82. The topological polar surface area (TPSA) is 99.9 Å². The number of hydrogen-bond donors (Lipinski definition) is 1. The van der Waals surface area contributed by atoms with Gasteiger partial charge in [0.05, 0.1) is 22.9 Å². The summed E-state index contributed by atoms with van der Waals surface area (Å²) in [6.07, 6.45) is 1.23. The lowest BCUT2D eigenvalue weighted by Crippen LogP contribution is -2.31. The Morgan fingerprint density at radius 3 is 2.70 bits per heavy atom. The fourth-order valence-electron chi connectivity index (χ4n) is 1.72. The van der Waals surface area contributed by atoms with Crippen LogP contribution in [0.1, 0.15) is 11.1 Å². The summed E-state index contributed by atoms with van der Waals surface area (Å²) in [7, 11) is -4.07. The van der Waals surface area contributed by atoms with Crippen LogP contribution in [0.4, 0.5) is 0 Å². The quantitative estimate of drug-likeness (QED) is 0.774. The zero-order valence-corrected chi connectivity index (χ0v) is 14.6. The summed E-state index contributed by atoms with van der Waals surface area (Å²) in [5.74, 6) is -0.715. The predicted octanol–water partition coefficient (Wildman–Crippen LogP) is 2.42. The van der Waals surface area contributed by atoms with Gasteiger partial charge in [-0.05, 0) is 29.8 Å². The lowest BCUT2D eigenvalue weighted by atomic mass is 10.2. The van der Waals surface area contributed by atoms with Crippen LogP contribution in [0.3, 0.4) is 0 Å². The number of amides is 1. The van der Waals surface area contributed by atoms with Crippen molar-refractivity contribution >= 4 is 43.5 Å². The Bertz CT molecular complexity index is 892. The molecule has 1 amide bonds. The minimum absolute atomic E-state index is 0.161. The van der Waals surface area contributed by atoms with Crippen LogP contribution in [0.15, 0.2) is 45.9 Å². The lowest BCUT2D eigenvalue weighted by Gasteiger charge is -2.08. The second-order valence-electron chi connectivity index (χ2n) is 4.48. The van der Waals surface area contributed by atoms with Gasteiger partial charge in [-0.3, -0.25) is 4.79 Å². The molecule has 1 N–H and O–H groups in total. The molecule has 0 fully saturated rings. The van der Waals surface area contributed by atoms with Crippen molar-refractivity contribution in [1.82, 2.24) is 9.71 Å². The van der Waals surface area contributed by atoms with E-state index in [2.05, 4.69) is 20.9 Å². The van der Waals surface area contributed by atoms with Gasteiger partial charge < -0.3 is 0 Å². The van der Waals surface area contributed by atoms with Crippen LogP contribution in [0.5, 0.6) is 0 Å². The van der Waals surface area contributed by atoms with Crippen LogP contribution in [0.2, 0.25) is 5.15 Å². The monoisotopic (exact) mass is 413 g/mol. The predicted molar refractivity (Wildman–Crippen MR) is 87.1 cm³/mol. The van der Waals surface area contributed by atoms with Crippen molar-refractivity contribution in [3.05, 3.63) is 57.3 Å². The van der Waals surface area contributed by atoms with Gasteiger partial charge in [0.25, 0.3) is 10.0 Å². The van der Waals surface area contributed by atoms with E-state index in [1.165, 1.54) is 30.5 Å². The van der Waals surface area contributed by atoms with Crippen LogP contribution in [-0.4, -0.2) is 19.3 Å². The maximum Gasteiger partial charge on any atom is 0.264 e. The molecule has 2 rings (SSSR count). The van der Waals surface area contributed by atoms with E-state index < -0.39 is 15.9 Å². The summed E-state index contributed by atoms with van der Waals surface area (Å²) >= 11 is 8.76. The van der Waals surface area contributed by atoms with Crippen molar-refractivity contribution < 1.29 is 13.2 Å². The van der Waals surface area contributed by atoms with Crippen LogP contribution >= 0.6 is 27.5 Å². The number of sulfonamides is 1. The van der Waals surface area contributed by atoms with Crippen LogP contribution in [0.25, 0.3) is 0 Å². The standard InChI is InChI=1S/C14H9BrClN3O3S/c15-11-3-10(7-17)4-12(6-11)23(21,22)19-14(20)5-9-1-2-13(16)18-8-9/h1-4,6,8H,5H2,(H,19,20). The van der Waals surface area contributed by atoms with Gasteiger partial charge in [0.1, 0.15) is 5.15 Å². The first-order chi connectivity index (χ1) is 10.8. The molecular formula is C14H9BrClN3O3S. The Kier molecular flexibility index (Phi) is 5.36. The summed E-state index contributed by atoms with van der Waals surface area (Å²) in [4.78, 5) is 15.5. The number of hydrogen-bond acceptors (Lipinski definition) is 5. The number of nitriles is 1. The first kappa shape index (κ1) is 17.4. The summed E-state index contributed by atoms with van der Waals surface area (Å²) in [6, 6.07) is 8.90. The molecule has 9 heteroatoms. The number of aromatic nitrogens is 1. The van der Waals surface area contributed by atoms with Crippen molar-refractivity contribution in [3.63, 3.8) is 0 Å². The van der Waals surface area contributed by atoms with E-state index in [1.54, 1.807) is 6.07 Å². The molecule has 0 radical (unpaired) electrons. The first-order valence-electron chi connectivity index (χ1n) is 6.17. The van der Waals surface area contributed by atoms with Crippen LogP contribution in [-0.2, 0) is 21.2 Å². The Hall–Kier alpha value is -1.95. The molecule has 0 aliphatic heterocycles. The van der Waals surface area contributed by atoms with Crippen LogP contribution < -0.4 is 4.72 Å². The zero-order valence-electron chi connectivity index (χ0n) is 11.5. The summed E-state index contributed by atoms with van der Waals surface area (Å²) < 4.78 is 26.8. The Labute approximate surface area is 146 Å². The number of halogens is 2. The molecule has 0 aliphatic carbocycles. The molecule has 6 nitrogen and oxygen atoms in total. The molecule has 0 bridgehead atoms. The van der Waals surface area contributed by atoms with Gasteiger partial charge in [-0.1, -0.05) is 33.6 Å². The van der Waals surface area contributed by atoms with Gasteiger partial charge in [-0.15, -0.1) is 0 Å². The van der Waals surface area contributed by atoms with E-state index in [0.29, 0.717) is 10.0 Å². The fourth-order valence-corrected chi connectivity index (χ4v) is 3.53. The third-order valence-electron chi connectivity index (χ3n) is 2.71. The number of carbonyl (C=O) groups is 1. The van der Waals surface area contributed by atoms with Crippen LogP contribution in [0, 0.1) is 11.3 Å². The third kappa shape index (κ3) is 4.76. The number of pyridine rings is 1. The zero-order chi connectivity index (χ0) is 17.0. The molecule has 0 saturated carbocycles. The number of nitrogens with zero attached hydrogens (tertiary/aromatic N) is 2. The number of carbonyl (C=O) groups excluding carboxylic acids is 1. The van der Waals surface area contributed by atoms with Gasteiger partial charge in [0.2, 0.25) is 5.91 Å². The maximum absolute atomic E-state index is 12.2. The maximum atomic E-state index is 12.2. The highest BCUT2D eigenvalue weighted by molar-refractivity contribution is 9.10. The molecule has 1 heterocycles. The fraction of sp³-hybridized carbons (Fsp3) is 0.0714. The lowest BCUT2D eigenvalue weighted by molar-refractivity contribution is -0.118. The molecule has 0 aliphatic rings. The van der Waals surface area contributed by atoms with E-state index in [9.17, 15) is 13.2 Å². The molecule has 118 valence electrons. The van der Waals surface area contributed by atoms with E-state index in [-0.39, 0.29) is 22.0 Å². The number of nitrogens with one attached hydrogen (secondary N) is 1. The largest absolute Gasteiger partial charge is 0.274 e. The van der Waals surface area contributed by atoms with Crippen molar-refractivity contribution in [2.45, 2.75) is 11.3 Å². The molecular weight excluding hydrogens is 406 g/mol. The highest BCUT2D eigenvalue weighted by atomic mass is 79.9. The van der Waals surface area contributed by atoms with Gasteiger partial charge in [-0.25, -0.2) is 18.1 Å². The highest BCUT2D eigenvalue weighted by Gasteiger charge is 2.19. The van der Waals surface area contributed by atoms with Gasteiger partial charge >= 0.3 is 0 Å². The van der Waals surface area contributed by atoms with E-state index in [0.717, 1.165) is 0 Å². The molecule has 0 unspecified atom stereocenters. The summed E-state index contributed by atoms with van der Waals surface area (Å²) in [5, 5.41) is 9.16. The molecule has 2 aromatic rings. The minimum atomic E-state index is -4.07. The summed E-state index contributed by atoms with van der Waals surface area (Å²) in [6.45, 7) is 0. The van der Waals surface area contributed by atoms with E-state index in [4.69, 9.17) is 16.9 Å². The second-order valence-corrected chi connectivity index (χ2v) is 7.47. The Morgan fingerprint density at radius 2 is 2.09 bits per heavy atom. The van der Waals surface area contributed by atoms with Gasteiger partial charge in [0.15, 0.2) is 0 Å². The molecule has 0 atom stereocenters. The Morgan fingerprint density at radius 1 is 1.35 bits per heavy atom. The molecule has 1 aromatic carbocycles. The molecule has 1 aromatic heterocycles. The van der Waals surface area contributed by atoms with Crippen molar-refractivity contribution in [2.75, 3.05) is 0 Å². The van der Waals surface area contributed by atoms with E-state index >= 15 is 0 Å². The number of rotatable bonds is 4. The van der Waals surface area contributed by atoms with Crippen molar-refractivity contribution in [2.24, 2.45) is 0 Å². The highest BCUT2D eigenvalue weighted by Crippen LogP contribution is 2.19. The average Bonchev–Trinajstić information content (AvgIpc) is 2.48. The smallest absolute Gasteiger partial charge is 0.264 e. The molecule has 23 heavy (non-hydrogen) atoms. The molecule has 0 spiro atoms.